The number of hydrogen-bond acceptors (Lipinski definition) is 3. The van der Waals surface area contributed by atoms with Gasteiger partial charge in [-0.1, -0.05) is 0 Å². The number of carbonyl (C=O) groups excluding carboxylic acids is 1. The SMILES string of the molecule is CC(C)NC(=O)CCNCCCS(C)=O. The van der Waals surface area contributed by atoms with Gasteiger partial charge in [0, 0.05) is 41.8 Å². The number of nitrogens with one attached hydrogen (secondary N) is 2. The van der Waals surface area contributed by atoms with E-state index in [0.29, 0.717) is 13.0 Å². The maximum absolute atomic E-state index is 11.2. The minimum atomic E-state index is -0.707. The fourth-order valence-corrected chi connectivity index (χ4v) is 1.67. The summed E-state index contributed by atoms with van der Waals surface area (Å²) in [7, 11) is -0.707. The Morgan fingerprint density at radius 2 is 2.00 bits per heavy atom. The molecule has 0 aromatic rings. The predicted molar refractivity (Wildman–Crippen MR) is 64.3 cm³/mol. The molecule has 1 unspecified atom stereocenters. The van der Waals surface area contributed by atoms with Crippen LogP contribution in [0.5, 0.6) is 0 Å². The third-order valence-corrected chi connectivity index (χ3v) is 2.63. The largest absolute Gasteiger partial charge is 0.354 e. The predicted octanol–water partition coefficient (Wildman–Crippen LogP) is 0.259. The van der Waals surface area contributed by atoms with Crippen LogP contribution in [0, 0.1) is 0 Å². The van der Waals surface area contributed by atoms with Crippen molar-refractivity contribution < 1.29 is 9.00 Å². The van der Waals surface area contributed by atoms with Gasteiger partial charge >= 0.3 is 0 Å². The van der Waals surface area contributed by atoms with Gasteiger partial charge in [0.15, 0.2) is 0 Å². The van der Waals surface area contributed by atoms with Crippen LogP contribution in [0.15, 0.2) is 0 Å². The van der Waals surface area contributed by atoms with Gasteiger partial charge in [-0.2, -0.15) is 0 Å². The van der Waals surface area contributed by atoms with Gasteiger partial charge < -0.3 is 10.6 Å². The summed E-state index contributed by atoms with van der Waals surface area (Å²) in [5, 5.41) is 5.97. The third kappa shape index (κ3) is 11.5. The molecule has 0 bridgehead atoms. The molecule has 15 heavy (non-hydrogen) atoms. The van der Waals surface area contributed by atoms with E-state index in [2.05, 4.69) is 10.6 Å². The highest BCUT2D eigenvalue weighted by molar-refractivity contribution is 7.84. The third-order valence-electron chi connectivity index (χ3n) is 1.76. The van der Waals surface area contributed by atoms with Gasteiger partial charge in [0.05, 0.1) is 0 Å². The molecule has 1 amide bonds. The van der Waals surface area contributed by atoms with Crippen molar-refractivity contribution in [1.29, 1.82) is 0 Å². The zero-order chi connectivity index (χ0) is 11.7. The van der Waals surface area contributed by atoms with Crippen LogP contribution in [-0.2, 0) is 15.6 Å². The van der Waals surface area contributed by atoms with E-state index in [1.54, 1.807) is 6.26 Å². The first kappa shape index (κ1) is 14.6. The van der Waals surface area contributed by atoms with Gasteiger partial charge in [-0.3, -0.25) is 9.00 Å². The van der Waals surface area contributed by atoms with Gasteiger partial charge in [0.2, 0.25) is 5.91 Å². The highest BCUT2D eigenvalue weighted by Gasteiger charge is 2.01. The van der Waals surface area contributed by atoms with E-state index in [4.69, 9.17) is 0 Å². The molecule has 0 aromatic heterocycles. The standard InChI is InChI=1S/C10H22N2O2S/c1-9(2)12-10(13)5-7-11-6-4-8-15(3)14/h9,11H,4-8H2,1-3H3,(H,12,13). The number of amides is 1. The molecule has 0 radical (unpaired) electrons. The smallest absolute Gasteiger partial charge is 0.221 e. The van der Waals surface area contributed by atoms with Crippen LogP contribution in [0.25, 0.3) is 0 Å². The minimum absolute atomic E-state index is 0.0802. The molecule has 5 heteroatoms. The molecule has 0 heterocycles. The minimum Gasteiger partial charge on any atom is -0.354 e. The van der Waals surface area contributed by atoms with Gasteiger partial charge in [0.1, 0.15) is 0 Å². The van der Waals surface area contributed by atoms with Crippen molar-refractivity contribution in [3.63, 3.8) is 0 Å². The van der Waals surface area contributed by atoms with E-state index in [1.165, 1.54) is 0 Å². The topological polar surface area (TPSA) is 58.2 Å². The van der Waals surface area contributed by atoms with Crippen molar-refractivity contribution in [1.82, 2.24) is 10.6 Å². The second kappa shape index (κ2) is 8.85. The van der Waals surface area contributed by atoms with Gasteiger partial charge in [-0.05, 0) is 26.8 Å². The first-order valence-corrected chi connectivity index (χ1v) is 7.05. The summed E-state index contributed by atoms with van der Waals surface area (Å²) in [6.07, 6.45) is 3.11. The highest BCUT2D eigenvalue weighted by atomic mass is 32.2. The van der Waals surface area contributed by atoms with Crippen LogP contribution >= 0.6 is 0 Å². The second-order valence-corrected chi connectivity index (χ2v) is 5.41. The lowest BCUT2D eigenvalue weighted by molar-refractivity contribution is -0.121. The molecule has 0 aromatic carbocycles. The molecule has 1 atom stereocenters. The fourth-order valence-electron chi connectivity index (χ4n) is 1.12. The first-order chi connectivity index (χ1) is 7.02. The molecule has 0 fully saturated rings. The number of rotatable bonds is 8. The molecule has 0 saturated heterocycles. The Kier molecular flexibility index (Phi) is 8.61. The molecule has 2 N–H and O–H groups in total. The van der Waals surface area contributed by atoms with E-state index in [-0.39, 0.29) is 11.9 Å². The lowest BCUT2D eigenvalue weighted by Gasteiger charge is -2.08. The highest BCUT2D eigenvalue weighted by Crippen LogP contribution is 1.84. The number of hydrogen-bond donors (Lipinski definition) is 2. The van der Waals surface area contributed by atoms with E-state index < -0.39 is 10.8 Å². The fraction of sp³-hybridized carbons (Fsp3) is 0.900. The van der Waals surface area contributed by atoms with Crippen molar-refractivity contribution in [2.45, 2.75) is 32.7 Å². The lowest BCUT2D eigenvalue weighted by Crippen LogP contribution is -2.32. The first-order valence-electron chi connectivity index (χ1n) is 5.32. The lowest BCUT2D eigenvalue weighted by atomic mass is 10.3. The molecule has 90 valence electrons. The zero-order valence-electron chi connectivity index (χ0n) is 9.84. The van der Waals surface area contributed by atoms with Crippen LogP contribution in [0.2, 0.25) is 0 Å². The van der Waals surface area contributed by atoms with Crippen LogP contribution in [0.3, 0.4) is 0 Å². The Bertz CT molecular complexity index is 208. The summed E-state index contributed by atoms with van der Waals surface area (Å²) in [4.78, 5) is 11.2. The van der Waals surface area contributed by atoms with Gasteiger partial charge in [-0.15, -0.1) is 0 Å². The summed E-state index contributed by atoms with van der Waals surface area (Å²) in [5.74, 6) is 0.808. The normalized spacial score (nSPS) is 12.8. The Labute approximate surface area is 94.7 Å². The Morgan fingerprint density at radius 3 is 2.53 bits per heavy atom. The van der Waals surface area contributed by atoms with Crippen molar-refractivity contribution >= 4 is 16.7 Å². The average Bonchev–Trinajstić information content (AvgIpc) is 2.09. The average molecular weight is 234 g/mol. The van der Waals surface area contributed by atoms with Crippen molar-refractivity contribution in [3.05, 3.63) is 0 Å². The van der Waals surface area contributed by atoms with Crippen LogP contribution in [0.4, 0.5) is 0 Å². The monoisotopic (exact) mass is 234 g/mol. The Balaban J connectivity index is 3.24. The molecular weight excluding hydrogens is 212 g/mol. The van der Waals surface area contributed by atoms with E-state index in [1.807, 2.05) is 13.8 Å². The Hall–Kier alpha value is -0.420. The van der Waals surface area contributed by atoms with Crippen molar-refractivity contribution in [2.75, 3.05) is 25.1 Å². The molecular formula is C10H22N2O2S. The second-order valence-electron chi connectivity index (χ2n) is 3.85. The van der Waals surface area contributed by atoms with Gasteiger partial charge in [-0.25, -0.2) is 0 Å². The molecule has 0 aliphatic heterocycles. The zero-order valence-corrected chi connectivity index (χ0v) is 10.7. The summed E-state index contributed by atoms with van der Waals surface area (Å²) >= 11 is 0. The van der Waals surface area contributed by atoms with Crippen molar-refractivity contribution in [2.24, 2.45) is 0 Å². The summed E-state index contributed by atoms with van der Waals surface area (Å²) in [5.41, 5.74) is 0. The maximum atomic E-state index is 11.2. The maximum Gasteiger partial charge on any atom is 0.221 e. The van der Waals surface area contributed by atoms with E-state index in [0.717, 1.165) is 18.7 Å². The Morgan fingerprint density at radius 1 is 1.33 bits per heavy atom. The van der Waals surface area contributed by atoms with Crippen LogP contribution in [-0.4, -0.2) is 41.3 Å². The molecule has 0 aliphatic carbocycles. The molecule has 0 rings (SSSR count). The number of carbonyl (C=O) groups is 1. The molecule has 0 saturated carbocycles. The van der Waals surface area contributed by atoms with Crippen molar-refractivity contribution in [3.8, 4) is 0 Å². The molecule has 4 nitrogen and oxygen atoms in total. The summed E-state index contributed by atoms with van der Waals surface area (Å²) in [6, 6.07) is 0.208. The molecule has 0 spiro atoms. The summed E-state index contributed by atoms with van der Waals surface area (Å²) in [6.45, 7) is 5.41. The van der Waals surface area contributed by atoms with Crippen LogP contribution < -0.4 is 10.6 Å². The van der Waals surface area contributed by atoms with E-state index in [9.17, 15) is 9.00 Å². The summed E-state index contributed by atoms with van der Waals surface area (Å²) < 4.78 is 10.7. The van der Waals surface area contributed by atoms with E-state index >= 15 is 0 Å². The van der Waals surface area contributed by atoms with Gasteiger partial charge in [0.25, 0.3) is 0 Å². The van der Waals surface area contributed by atoms with Crippen LogP contribution in [0.1, 0.15) is 26.7 Å². The quantitative estimate of drug-likeness (QED) is 0.592. The molecule has 0 aliphatic rings.